The Labute approximate surface area is 182 Å². The Bertz CT molecular complexity index is 1380. The standard InChI is InChI=1S/C25H17F2N3O2/c1-13(2)14-7-9-15(10-8-14)16-11-19(26)22(20(27)12-16)30-23-21(28-29-30)24(31)17-5-3-4-6-18(17)25(23)32/h3-13H,1-2H3. The molecule has 5 nitrogen and oxygen atoms in total. The lowest BCUT2D eigenvalue weighted by Gasteiger charge is -2.15. The summed E-state index contributed by atoms with van der Waals surface area (Å²) >= 11 is 0. The Kier molecular flexibility index (Phi) is 4.55. The van der Waals surface area contributed by atoms with Gasteiger partial charge in [0.15, 0.2) is 17.3 Å². The molecule has 0 unspecified atom stereocenters. The molecular weight excluding hydrogens is 412 g/mol. The summed E-state index contributed by atoms with van der Waals surface area (Å²) in [6, 6.07) is 16.1. The molecule has 32 heavy (non-hydrogen) atoms. The highest BCUT2D eigenvalue weighted by atomic mass is 19.1. The van der Waals surface area contributed by atoms with Gasteiger partial charge in [-0.3, -0.25) is 9.59 Å². The van der Waals surface area contributed by atoms with Crippen LogP contribution in [0.3, 0.4) is 0 Å². The molecular formula is C25H17F2N3O2. The lowest BCUT2D eigenvalue weighted by Crippen LogP contribution is -2.23. The Morgan fingerprint density at radius 2 is 1.41 bits per heavy atom. The van der Waals surface area contributed by atoms with Crippen molar-refractivity contribution in [3.8, 4) is 16.8 Å². The summed E-state index contributed by atoms with van der Waals surface area (Å²) in [6.45, 7) is 4.12. The number of nitrogens with zero attached hydrogens (tertiary/aromatic N) is 3. The number of fused-ring (bicyclic) bond motifs is 2. The molecule has 0 N–H and O–H groups in total. The number of hydrogen-bond donors (Lipinski definition) is 0. The molecule has 5 rings (SSSR count). The van der Waals surface area contributed by atoms with Crippen LogP contribution in [0.15, 0.2) is 60.7 Å². The second-order valence-electron chi connectivity index (χ2n) is 7.97. The van der Waals surface area contributed by atoms with Gasteiger partial charge >= 0.3 is 0 Å². The van der Waals surface area contributed by atoms with Gasteiger partial charge in [0.05, 0.1) is 0 Å². The average molecular weight is 429 g/mol. The van der Waals surface area contributed by atoms with Crippen LogP contribution < -0.4 is 0 Å². The Morgan fingerprint density at radius 1 is 0.812 bits per heavy atom. The van der Waals surface area contributed by atoms with E-state index in [4.69, 9.17) is 0 Å². The molecule has 1 aliphatic carbocycles. The molecule has 1 aromatic heterocycles. The van der Waals surface area contributed by atoms with Gasteiger partial charge in [-0.25, -0.2) is 13.5 Å². The van der Waals surface area contributed by atoms with Crippen molar-refractivity contribution in [1.29, 1.82) is 0 Å². The second-order valence-corrected chi connectivity index (χ2v) is 7.97. The highest BCUT2D eigenvalue weighted by Gasteiger charge is 2.36. The number of ketones is 2. The van der Waals surface area contributed by atoms with E-state index in [0.29, 0.717) is 17.0 Å². The number of aromatic nitrogens is 3. The maximum absolute atomic E-state index is 15.1. The summed E-state index contributed by atoms with van der Waals surface area (Å²) in [4.78, 5) is 25.7. The zero-order valence-corrected chi connectivity index (χ0v) is 17.3. The number of hydrogen-bond acceptors (Lipinski definition) is 4. The van der Waals surface area contributed by atoms with Gasteiger partial charge in [0.25, 0.3) is 0 Å². The average Bonchev–Trinajstić information content (AvgIpc) is 3.22. The van der Waals surface area contributed by atoms with E-state index in [9.17, 15) is 9.59 Å². The van der Waals surface area contributed by atoms with Crippen molar-refractivity contribution < 1.29 is 18.4 Å². The monoisotopic (exact) mass is 429 g/mol. The van der Waals surface area contributed by atoms with Crippen LogP contribution in [0.25, 0.3) is 16.8 Å². The van der Waals surface area contributed by atoms with E-state index in [2.05, 4.69) is 24.2 Å². The first-order chi connectivity index (χ1) is 15.4. The van der Waals surface area contributed by atoms with Gasteiger partial charge < -0.3 is 0 Å². The van der Waals surface area contributed by atoms with Crippen LogP contribution in [-0.2, 0) is 0 Å². The third kappa shape index (κ3) is 2.97. The summed E-state index contributed by atoms with van der Waals surface area (Å²) in [5.74, 6) is -2.57. The van der Waals surface area contributed by atoms with Crippen molar-refractivity contribution >= 4 is 11.6 Å². The maximum atomic E-state index is 15.1. The first-order valence-electron chi connectivity index (χ1n) is 10.1. The summed E-state index contributed by atoms with van der Waals surface area (Å²) in [5, 5.41) is 7.51. The zero-order chi connectivity index (χ0) is 22.6. The fraction of sp³-hybridized carbons (Fsp3) is 0.120. The van der Waals surface area contributed by atoms with Gasteiger partial charge in [0, 0.05) is 11.1 Å². The Morgan fingerprint density at radius 3 is 2.00 bits per heavy atom. The lowest BCUT2D eigenvalue weighted by molar-refractivity contribution is 0.0972. The molecule has 0 amide bonds. The number of carbonyl (C=O) groups excluding carboxylic acids is 2. The molecule has 7 heteroatoms. The smallest absolute Gasteiger partial charge is 0.216 e. The van der Waals surface area contributed by atoms with Gasteiger partial charge in [0.2, 0.25) is 11.6 Å². The molecule has 158 valence electrons. The van der Waals surface area contributed by atoms with Gasteiger partial charge in [-0.15, -0.1) is 5.10 Å². The topological polar surface area (TPSA) is 64.8 Å². The molecule has 0 saturated carbocycles. The molecule has 0 radical (unpaired) electrons. The van der Waals surface area contributed by atoms with Gasteiger partial charge in [-0.2, -0.15) is 0 Å². The number of halogens is 2. The third-order valence-corrected chi connectivity index (χ3v) is 5.66. The van der Waals surface area contributed by atoms with Crippen molar-refractivity contribution in [1.82, 2.24) is 15.0 Å². The molecule has 0 bridgehead atoms. The van der Waals surface area contributed by atoms with E-state index in [0.717, 1.165) is 10.2 Å². The minimum atomic E-state index is -0.917. The minimum Gasteiger partial charge on any atom is -0.287 e. The van der Waals surface area contributed by atoms with Crippen molar-refractivity contribution in [2.45, 2.75) is 19.8 Å². The summed E-state index contributed by atoms with van der Waals surface area (Å²) in [6.07, 6.45) is 0. The molecule has 1 heterocycles. The van der Waals surface area contributed by atoms with Crippen molar-refractivity contribution in [3.05, 3.63) is 100 Å². The first-order valence-corrected chi connectivity index (χ1v) is 10.1. The Hall–Kier alpha value is -4.00. The molecule has 0 spiro atoms. The van der Waals surface area contributed by atoms with Crippen molar-refractivity contribution in [3.63, 3.8) is 0 Å². The molecule has 0 atom stereocenters. The minimum absolute atomic E-state index is 0.149. The van der Waals surface area contributed by atoms with Crippen LogP contribution in [0, 0.1) is 11.6 Å². The number of benzene rings is 3. The molecule has 0 aliphatic heterocycles. The van der Waals surface area contributed by atoms with Crippen molar-refractivity contribution in [2.75, 3.05) is 0 Å². The first kappa shape index (κ1) is 19.9. The highest BCUT2D eigenvalue weighted by molar-refractivity contribution is 6.27. The maximum Gasteiger partial charge on any atom is 0.216 e. The second kappa shape index (κ2) is 7.30. The van der Waals surface area contributed by atoms with E-state index in [-0.39, 0.29) is 22.5 Å². The van der Waals surface area contributed by atoms with E-state index < -0.39 is 28.9 Å². The summed E-state index contributed by atoms with van der Waals surface area (Å²) < 4.78 is 31.0. The van der Waals surface area contributed by atoms with E-state index in [1.165, 1.54) is 24.3 Å². The van der Waals surface area contributed by atoms with E-state index in [1.807, 2.05) is 12.1 Å². The van der Waals surface area contributed by atoms with Crippen LogP contribution in [0.5, 0.6) is 0 Å². The molecule has 1 aliphatic rings. The van der Waals surface area contributed by atoms with Gasteiger partial charge in [-0.05, 0) is 34.7 Å². The predicted molar refractivity (Wildman–Crippen MR) is 114 cm³/mol. The van der Waals surface area contributed by atoms with Crippen LogP contribution >= 0.6 is 0 Å². The highest BCUT2D eigenvalue weighted by Crippen LogP contribution is 2.31. The SMILES string of the molecule is CC(C)c1ccc(-c2cc(F)c(-n3nnc4c3C(=O)c3ccccc3C4=O)c(F)c2)cc1. The van der Waals surface area contributed by atoms with Gasteiger partial charge in [-0.1, -0.05) is 67.6 Å². The number of rotatable bonds is 3. The van der Waals surface area contributed by atoms with Crippen LogP contribution in [-0.4, -0.2) is 26.6 Å². The van der Waals surface area contributed by atoms with Gasteiger partial charge in [0.1, 0.15) is 11.4 Å². The molecule has 0 saturated heterocycles. The van der Waals surface area contributed by atoms with Crippen LogP contribution in [0.4, 0.5) is 8.78 Å². The zero-order valence-electron chi connectivity index (χ0n) is 17.3. The summed E-state index contributed by atoms with van der Waals surface area (Å²) in [5.41, 5.74) is 1.43. The number of carbonyl (C=O) groups is 2. The predicted octanol–water partition coefficient (Wildman–Crippen LogP) is 5.11. The largest absolute Gasteiger partial charge is 0.287 e. The summed E-state index contributed by atoms with van der Waals surface area (Å²) in [7, 11) is 0. The Balaban J connectivity index is 1.61. The van der Waals surface area contributed by atoms with E-state index in [1.54, 1.807) is 24.3 Å². The third-order valence-electron chi connectivity index (χ3n) is 5.66. The lowest BCUT2D eigenvalue weighted by atomic mass is 9.90. The fourth-order valence-corrected chi connectivity index (χ4v) is 3.92. The molecule has 4 aromatic rings. The van der Waals surface area contributed by atoms with E-state index >= 15 is 8.78 Å². The van der Waals surface area contributed by atoms with Crippen molar-refractivity contribution in [2.24, 2.45) is 0 Å². The van der Waals surface area contributed by atoms with Crippen LogP contribution in [0.1, 0.15) is 57.4 Å². The quantitative estimate of drug-likeness (QED) is 0.400. The van der Waals surface area contributed by atoms with Crippen LogP contribution in [0.2, 0.25) is 0 Å². The molecule has 3 aromatic carbocycles. The molecule has 0 fully saturated rings. The normalized spacial score (nSPS) is 12.8. The fourth-order valence-electron chi connectivity index (χ4n) is 3.92.